The molecule has 156 valence electrons. The van der Waals surface area contributed by atoms with Gasteiger partial charge in [0, 0.05) is 38.8 Å². The Morgan fingerprint density at radius 3 is 2.34 bits per heavy atom. The van der Waals surface area contributed by atoms with Crippen molar-refractivity contribution in [2.24, 2.45) is 0 Å². The molecular weight excluding hydrogens is 390 g/mol. The number of hydrogen-bond acceptors (Lipinski definition) is 5. The molecule has 0 unspecified atom stereocenters. The Balaban J connectivity index is 1.74. The molecule has 1 aliphatic heterocycles. The molecule has 8 heteroatoms. The van der Waals surface area contributed by atoms with E-state index in [4.69, 9.17) is 4.74 Å². The van der Waals surface area contributed by atoms with E-state index < -0.39 is 10.0 Å². The van der Waals surface area contributed by atoms with Crippen LogP contribution in [0.5, 0.6) is 5.75 Å². The number of piperazine rings is 1. The third-order valence-corrected chi connectivity index (χ3v) is 6.48. The Morgan fingerprint density at radius 2 is 1.72 bits per heavy atom. The van der Waals surface area contributed by atoms with Crippen LogP contribution in [0.3, 0.4) is 0 Å². The van der Waals surface area contributed by atoms with E-state index in [-0.39, 0.29) is 5.91 Å². The molecule has 0 aliphatic carbocycles. The van der Waals surface area contributed by atoms with Gasteiger partial charge < -0.3 is 14.5 Å². The molecule has 0 aromatic heterocycles. The van der Waals surface area contributed by atoms with E-state index in [2.05, 4.69) is 4.90 Å². The predicted octanol–water partition coefficient (Wildman–Crippen LogP) is 2.36. The van der Waals surface area contributed by atoms with Crippen LogP contribution in [0, 0.1) is 6.92 Å². The van der Waals surface area contributed by atoms with Gasteiger partial charge in [-0.3, -0.25) is 9.10 Å². The minimum absolute atomic E-state index is 0.0900. The van der Waals surface area contributed by atoms with Crippen LogP contribution in [-0.4, -0.2) is 65.8 Å². The lowest BCUT2D eigenvalue weighted by molar-refractivity contribution is 0.0746. The van der Waals surface area contributed by atoms with Gasteiger partial charge in [0.2, 0.25) is 10.0 Å². The highest BCUT2D eigenvalue weighted by molar-refractivity contribution is 7.92. The molecule has 7 nitrogen and oxygen atoms in total. The summed E-state index contributed by atoms with van der Waals surface area (Å²) in [6.07, 6.45) is 1.15. The molecule has 0 bridgehead atoms. The van der Waals surface area contributed by atoms with Crippen LogP contribution in [0.2, 0.25) is 0 Å². The fourth-order valence-corrected chi connectivity index (χ4v) is 4.04. The van der Waals surface area contributed by atoms with Crippen LogP contribution in [0.1, 0.15) is 15.9 Å². The molecule has 3 rings (SSSR count). The number of nitrogens with zero attached hydrogens (tertiary/aromatic N) is 3. The molecule has 2 aromatic carbocycles. The fourth-order valence-electron chi connectivity index (χ4n) is 3.48. The van der Waals surface area contributed by atoms with Crippen molar-refractivity contribution in [2.45, 2.75) is 6.92 Å². The van der Waals surface area contributed by atoms with Gasteiger partial charge >= 0.3 is 0 Å². The topological polar surface area (TPSA) is 70.2 Å². The third-order valence-electron chi connectivity index (χ3n) is 5.29. The summed E-state index contributed by atoms with van der Waals surface area (Å²) in [7, 11) is -0.249. The monoisotopic (exact) mass is 417 g/mol. The summed E-state index contributed by atoms with van der Waals surface area (Å²) in [5.41, 5.74) is 2.84. The second-order valence-electron chi connectivity index (χ2n) is 7.18. The van der Waals surface area contributed by atoms with Gasteiger partial charge in [-0.1, -0.05) is 18.2 Å². The van der Waals surface area contributed by atoms with Crippen molar-refractivity contribution in [2.75, 3.05) is 55.8 Å². The van der Waals surface area contributed by atoms with Gasteiger partial charge in [-0.05, 0) is 36.8 Å². The smallest absolute Gasteiger partial charge is 0.254 e. The van der Waals surface area contributed by atoms with Crippen LogP contribution in [-0.2, 0) is 10.0 Å². The number of methoxy groups -OCH3 is 1. The lowest BCUT2D eigenvalue weighted by Crippen LogP contribution is -2.48. The number of amides is 1. The molecule has 1 amide bonds. The van der Waals surface area contributed by atoms with Gasteiger partial charge in [0.25, 0.3) is 5.91 Å². The number of carbonyl (C=O) groups excluding carboxylic acids is 1. The molecule has 0 spiro atoms. The summed E-state index contributed by atoms with van der Waals surface area (Å²) in [4.78, 5) is 17.0. The van der Waals surface area contributed by atoms with Gasteiger partial charge in [-0.2, -0.15) is 0 Å². The number of benzene rings is 2. The number of aryl methyl sites for hydroxylation is 1. The average Bonchev–Trinajstić information content (AvgIpc) is 2.72. The Labute approximate surface area is 172 Å². The van der Waals surface area contributed by atoms with Gasteiger partial charge in [0.15, 0.2) is 0 Å². The van der Waals surface area contributed by atoms with Crippen molar-refractivity contribution in [3.05, 3.63) is 53.6 Å². The highest BCUT2D eigenvalue weighted by Crippen LogP contribution is 2.29. The van der Waals surface area contributed by atoms with E-state index in [0.717, 1.165) is 23.3 Å². The van der Waals surface area contributed by atoms with E-state index in [9.17, 15) is 13.2 Å². The first-order valence-corrected chi connectivity index (χ1v) is 11.3. The van der Waals surface area contributed by atoms with Crippen LogP contribution in [0.15, 0.2) is 42.5 Å². The largest absolute Gasteiger partial charge is 0.495 e. The number of ether oxygens (including phenoxy) is 1. The van der Waals surface area contributed by atoms with E-state index in [1.807, 2.05) is 31.2 Å². The lowest BCUT2D eigenvalue weighted by atomic mass is 10.1. The van der Waals surface area contributed by atoms with Crippen LogP contribution >= 0.6 is 0 Å². The zero-order valence-electron chi connectivity index (χ0n) is 17.3. The summed E-state index contributed by atoms with van der Waals surface area (Å²) < 4.78 is 30.5. The molecule has 1 fully saturated rings. The number of anilines is 2. The second kappa shape index (κ2) is 8.32. The Kier molecular flexibility index (Phi) is 6.02. The molecular formula is C21H27N3O4S. The van der Waals surface area contributed by atoms with Gasteiger partial charge in [-0.25, -0.2) is 8.42 Å². The van der Waals surface area contributed by atoms with Gasteiger partial charge in [-0.15, -0.1) is 0 Å². The molecule has 0 atom stereocenters. The molecule has 29 heavy (non-hydrogen) atoms. The summed E-state index contributed by atoms with van der Waals surface area (Å²) in [6, 6.07) is 13.1. The van der Waals surface area contributed by atoms with E-state index in [0.29, 0.717) is 37.4 Å². The predicted molar refractivity (Wildman–Crippen MR) is 116 cm³/mol. The normalized spacial score (nSPS) is 14.6. The third kappa shape index (κ3) is 4.48. The fraction of sp³-hybridized carbons (Fsp3) is 0.381. The molecule has 2 aromatic rings. The summed E-state index contributed by atoms with van der Waals surface area (Å²) in [6.45, 7) is 4.41. The maximum atomic E-state index is 13.0. The highest BCUT2D eigenvalue weighted by atomic mass is 32.2. The zero-order chi connectivity index (χ0) is 21.2. The number of rotatable bonds is 5. The Bertz CT molecular complexity index is 999. The summed E-state index contributed by atoms with van der Waals surface area (Å²) in [5.74, 6) is 0.729. The first-order chi connectivity index (χ1) is 13.7. The number of sulfonamides is 1. The van der Waals surface area contributed by atoms with Crippen molar-refractivity contribution in [3.63, 3.8) is 0 Å². The maximum Gasteiger partial charge on any atom is 0.254 e. The minimum Gasteiger partial charge on any atom is -0.495 e. The molecule has 0 N–H and O–H groups in total. The highest BCUT2D eigenvalue weighted by Gasteiger charge is 2.25. The number of para-hydroxylation sites is 2. The first kappa shape index (κ1) is 21.0. The summed E-state index contributed by atoms with van der Waals surface area (Å²) in [5, 5.41) is 0. The second-order valence-corrected chi connectivity index (χ2v) is 9.20. The molecule has 0 saturated carbocycles. The molecule has 1 heterocycles. The molecule has 1 saturated heterocycles. The van der Waals surface area contributed by atoms with Gasteiger partial charge in [0.1, 0.15) is 5.75 Å². The lowest BCUT2D eigenvalue weighted by Gasteiger charge is -2.36. The number of carbonyl (C=O) groups is 1. The van der Waals surface area contributed by atoms with E-state index in [1.54, 1.807) is 30.2 Å². The van der Waals surface area contributed by atoms with Crippen molar-refractivity contribution in [1.82, 2.24) is 4.90 Å². The SMILES string of the molecule is COc1ccccc1N1CCN(C(=O)c2ccc(C)c(N(C)S(C)(=O)=O)c2)CC1. The molecule has 0 radical (unpaired) electrons. The minimum atomic E-state index is -3.40. The van der Waals surface area contributed by atoms with Crippen LogP contribution < -0.4 is 13.9 Å². The van der Waals surface area contributed by atoms with Crippen molar-refractivity contribution < 1.29 is 17.9 Å². The Morgan fingerprint density at radius 1 is 1.07 bits per heavy atom. The van der Waals surface area contributed by atoms with Crippen LogP contribution in [0.25, 0.3) is 0 Å². The Hall–Kier alpha value is -2.74. The summed E-state index contributed by atoms with van der Waals surface area (Å²) >= 11 is 0. The van der Waals surface area contributed by atoms with E-state index in [1.165, 1.54) is 11.4 Å². The average molecular weight is 418 g/mol. The quantitative estimate of drug-likeness (QED) is 0.747. The number of hydrogen-bond donors (Lipinski definition) is 0. The first-order valence-electron chi connectivity index (χ1n) is 9.44. The van der Waals surface area contributed by atoms with Crippen molar-refractivity contribution >= 4 is 27.3 Å². The van der Waals surface area contributed by atoms with Crippen LogP contribution in [0.4, 0.5) is 11.4 Å². The van der Waals surface area contributed by atoms with Gasteiger partial charge in [0.05, 0.1) is 24.7 Å². The van der Waals surface area contributed by atoms with E-state index >= 15 is 0 Å². The van der Waals surface area contributed by atoms with Crippen molar-refractivity contribution in [3.8, 4) is 5.75 Å². The van der Waals surface area contributed by atoms with Crippen molar-refractivity contribution in [1.29, 1.82) is 0 Å². The molecule has 1 aliphatic rings. The standard InChI is InChI=1S/C21H27N3O4S/c1-16-9-10-17(15-19(16)22(2)29(4,26)27)21(25)24-13-11-23(12-14-24)18-7-5-6-8-20(18)28-3/h5-10,15H,11-14H2,1-4H3. The zero-order valence-corrected chi connectivity index (χ0v) is 18.1. The maximum absolute atomic E-state index is 13.0.